The monoisotopic (exact) mass is 330 g/mol. The first-order chi connectivity index (χ1) is 9.74. The van der Waals surface area contributed by atoms with Crippen LogP contribution in [0.25, 0.3) is 0 Å². The third kappa shape index (κ3) is 2.75. The third-order valence-electron chi connectivity index (χ3n) is 3.52. The summed E-state index contributed by atoms with van der Waals surface area (Å²) in [5.74, 6) is 0.190. The molecule has 3 nitrogen and oxygen atoms in total. The second-order valence-electron chi connectivity index (χ2n) is 4.97. The van der Waals surface area contributed by atoms with Gasteiger partial charge in [0.25, 0.3) is 0 Å². The lowest BCUT2D eigenvalue weighted by molar-refractivity contribution is -0.118. The van der Waals surface area contributed by atoms with Crippen LogP contribution in [0.2, 0.25) is 0 Å². The van der Waals surface area contributed by atoms with Gasteiger partial charge in [0.2, 0.25) is 5.91 Å². The van der Waals surface area contributed by atoms with E-state index in [1.165, 1.54) is 5.56 Å². The van der Waals surface area contributed by atoms with Gasteiger partial charge in [-0.1, -0.05) is 18.2 Å². The second-order valence-corrected chi connectivity index (χ2v) is 5.89. The molecular weight excluding hydrogens is 316 g/mol. The summed E-state index contributed by atoms with van der Waals surface area (Å²) in [6, 6.07) is 10.2. The summed E-state index contributed by atoms with van der Waals surface area (Å²) in [7, 11) is 0. The van der Waals surface area contributed by atoms with Crippen LogP contribution in [0.3, 0.4) is 0 Å². The Morgan fingerprint density at radius 2 is 2.05 bits per heavy atom. The molecule has 0 saturated heterocycles. The molecule has 2 heterocycles. The van der Waals surface area contributed by atoms with Crippen molar-refractivity contribution in [1.29, 1.82) is 0 Å². The van der Waals surface area contributed by atoms with Gasteiger partial charge in [0.1, 0.15) is 0 Å². The lowest BCUT2D eigenvalue weighted by Crippen LogP contribution is -2.29. The predicted molar refractivity (Wildman–Crippen MR) is 82.5 cm³/mol. The van der Waals surface area contributed by atoms with Crippen LogP contribution >= 0.6 is 15.9 Å². The zero-order chi connectivity index (χ0) is 13.9. The molecule has 0 spiro atoms. The summed E-state index contributed by atoms with van der Waals surface area (Å²) in [6.07, 6.45) is 6.06. The highest BCUT2D eigenvalue weighted by Crippen LogP contribution is 2.28. The molecule has 0 unspecified atom stereocenters. The van der Waals surface area contributed by atoms with Crippen LogP contribution in [0, 0.1) is 0 Å². The van der Waals surface area contributed by atoms with Gasteiger partial charge >= 0.3 is 0 Å². The smallest absolute Gasteiger partial charge is 0.227 e. The number of para-hydroxylation sites is 1. The van der Waals surface area contributed by atoms with E-state index in [9.17, 15) is 4.79 Å². The molecule has 20 heavy (non-hydrogen) atoms. The number of carbonyl (C=O) groups is 1. The number of hydrogen-bond donors (Lipinski definition) is 0. The van der Waals surface area contributed by atoms with Crippen molar-refractivity contribution >= 4 is 27.5 Å². The number of aryl methyl sites for hydroxylation is 1. The molecule has 0 N–H and O–H groups in total. The van der Waals surface area contributed by atoms with Gasteiger partial charge in [0.05, 0.1) is 6.54 Å². The van der Waals surface area contributed by atoms with E-state index in [-0.39, 0.29) is 5.91 Å². The van der Waals surface area contributed by atoms with Crippen molar-refractivity contribution in [2.75, 3.05) is 4.90 Å². The number of aromatic nitrogens is 1. The molecule has 1 aliphatic heterocycles. The number of pyridine rings is 1. The quantitative estimate of drug-likeness (QED) is 0.840. The van der Waals surface area contributed by atoms with Gasteiger partial charge in [-0.05, 0) is 52.0 Å². The molecule has 0 fully saturated rings. The Bertz CT molecular complexity index is 642. The van der Waals surface area contributed by atoms with Crippen molar-refractivity contribution < 1.29 is 4.79 Å². The number of hydrogen-bond acceptors (Lipinski definition) is 2. The molecule has 0 radical (unpaired) electrons. The largest absolute Gasteiger partial charge is 0.308 e. The lowest BCUT2D eigenvalue weighted by Gasteiger charge is -2.23. The zero-order valence-electron chi connectivity index (χ0n) is 11.1. The highest BCUT2D eigenvalue weighted by Gasteiger charge is 2.21. The molecule has 1 amide bonds. The summed E-state index contributed by atoms with van der Waals surface area (Å²) in [5, 5.41) is 0. The van der Waals surface area contributed by atoms with Gasteiger partial charge in [-0.15, -0.1) is 0 Å². The van der Waals surface area contributed by atoms with Gasteiger partial charge < -0.3 is 4.90 Å². The number of fused-ring (bicyclic) bond motifs is 1. The molecule has 2 aromatic rings. The molecule has 102 valence electrons. The number of amides is 1. The third-order valence-corrected chi connectivity index (χ3v) is 3.96. The van der Waals surface area contributed by atoms with Crippen molar-refractivity contribution in [2.24, 2.45) is 0 Å². The lowest BCUT2D eigenvalue weighted by atomic mass is 10.1. The first-order valence-corrected chi connectivity index (χ1v) is 7.51. The predicted octanol–water partition coefficient (Wildman–Crippen LogP) is 3.71. The van der Waals surface area contributed by atoms with Crippen LogP contribution in [0.5, 0.6) is 0 Å². The highest BCUT2D eigenvalue weighted by molar-refractivity contribution is 9.10. The van der Waals surface area contributed by atoms with Gasteiger partial charge in [0, 0.05) is 29.0 Å². The minimum atomic E-state index is 0.190. The van der Waals surface area contributed by atoms with Crippen molar-refractivity contribution in [3.05, 3.63) is 58.3 Å². The van der Waals surface area contributed by atoms with Crippen LogP contribution in [-0.4, -0.2) is 10.9 Å². The summed E-state index contributed by atoms with van der Waals surface area (Å²) >= 11 is 3.42. The van der Waals surface area contributed by atoms with E-state index in [4.69, 9.17) is 0 Å². The molecule has 0 bridgehead atoms. The second kappa shape index (κ2) is 5.75. The van der Waals surface area contributed by atoms with E-state index in [1.54, 1.807) is 6.20 Å². The maximum atomic E-state index is 12.4. The van der Waals surface area contributed by atoms with Crippen LogP contribution in [0.15, 0.2) is 47.2 Å². The van der Waals surface area contributed by atoms with Crippen molar-refractivity contribution in [1.82, 2.24) is 4.98 Å². The molecular formula is C16H15BrN2O. The summed E-state index contributed by atoms with van der Waals surface area (Å²) in [6.45, 7) is 0.572. The Morgan fingerprint density at radius 3 is 2.90 bits per heavy atom. The maximum Gasteiger partial charge on any atom is 0.227 e. The van der Waals surface area contributed by atoms with Gasteiger partial charge in [-0.25, -0.2) is 0 Å². The van der Waals surface area contributed by atoms with E-state index in [1.807, 2.05) is 35.4 Å². The van der Waals surface area contributed by atoms with Crippen molar-refractivity contribution in [2.45, 2.75) is 25.8 Å². The fraction of sp³-hybridized carbons (Fsp3) is 0.250. The maximum absolute atomic E-state index is 12.4. The van der Waals surface area contributed by atoms with Crippen LogP contribution in [0.1, 0.15) is 24.0 Å². The van der Waals surface area contributed by atoms with Crippen LogP contribution in [-0.2, 0) is 17.8 Å². The molecule has 4 heteroatoms. The minimum Gasteiger partial charge on any atom is -0.308 e. The van der Waals surface area contributed by atoms with Crippen LogP contribution < -0.4 is 4.90 Å². The molecule has 3 rings (SSSR count). The Labute approximate surface area is 126 Å². The zero-order valence-corrected chi connectivity index (χ0v) is 12.6. The van der Waals surface area contributed by atoms with Gasteiger partial charge in [0.15, 0.2) is 0 Å². The van der Waals surface area contributed by atoms with E-state index in [0.29, 0.717) is 13.0 Å². The van der Waals surface area contributed by atoms with Crippen molar-refractivity contribution in [3.63, 3.8) is 0 Å². The highest BCUT2D eigenvalue weighted by atomic mass is 79.9. The van der Waals surface area contributed by atoms with Crippen molar-refractivity contribution in [3.8, 4) is 0 Å². The minimum absolute atomic E-state index is 0.190. The summed E-state index contributed by atoms with van der Waals surface area (Å²) in [5.41, 5.74) is 3.32. The number of carbonyl (C=O) groups excluding carboxylic acids is 1. The first-order valence-electron chi connectivity index (χ1n) is 6.72. The van der Waals surface area contributed by atoms with E-state index >= 15 is 0 Å². The molecule has 1 aliphatic rings. The van der Waals surface area contributed by atoms with E-state index < -0.39 is 0 Å². The number of rotatable bonds is 2. The average Bonchev–Trinajstić information content (AvgIpc) is 2.59. The standard InChI is InChI=1S/C16H15BrN2O/c17-14-8-12(9-18-10-14)11-19-15-6-2-1-4-13(15)5-3-7-16(19)20/h1-2,4,6,8-10H,3,5,7,11H2. The Balaban J connectivity index is 1.96. The Kier molecular flexibility index (Phi) is 3.83. The number of benzene rings is 1. The fourth-order valence-corrected chi connectivity index (χ4v) is 3.00. The first kappa shape index (κ1) is 13.3. The summed E-state index contributed by atoms with van der Waals surface area (Å²) < 4.78 is 0.936. The fourth-order valence-electron chi connectivity index (χ4n) is 2.58. The molecule has 1 aromatic heterocycles. The van der Waals surface area contributed by atoms with E-state index in [2.05, 4.69) is 27.0 Å². The number of nitrogens with zero attached hydrogens (tertiary/aromatic N) is 2. The summed E-state index contributed by atoms with van der Waals surface area (Å²) in [4.78, 5) is 18.4. The Hall–Kier alpha value is -1.68. The topological polar surface area (TPSA) is 33.2 Å². The molecule has 1 aromatic carbocycles. The molecule has 0 atom stereocenters. The van der Waals surface area contributed by atoms with E-state index in [0.717, 1.165) is 28.6 Å². The Morgan fingerprint density at radius 1 is 1.20 bits per heavy atom. The number of anilines is 1. The van der Waals surface area contributed by atoms with Gasteiger partial charge in [-0.2, -0.15) is 0 Å². The normalized spacial score (nSPS) is 14.8. The SMILES string of the molecule is O=C1CCCc2ccccc2N1Cc1cncc(Br)c1. The molecule has 0 saturated carbocycles. The average molecular weight is 331 g/mol. The number of halogens is 1. The van der Waals surface area contributed by atoms with Gasteiger partial charge in [-0.3, -0.25) is 9.78 Å². The molecule has 0 aliphatic carbocycles. The van der Waals surface area contributed by atoms with Crippen LogP contribution in [0.4, 0.5) is 5.69 Å².